The molecule has 1 saturated carbocycles. The van der Waals surface area contributed by atoms with Gasteiger partial charge in [0.1, 0.15) is 0 Å². The molecule has 0 amide bonds. The van der Waals surface area contributed by atoms with Crippen LogP contribution in [0, 0.1) is 0 Å². The van der Waals surface area contributed by atoms with Gasteiger partial charge in [-0.15, -0.1) is 0 Å². The van der Waals surface area contributed by atoms with E-state index in [9.17, 15) is 13.9 Å². The van der Waals surface area contributed by atoms with Gasteiger partial charge in [0.15, 0.2) is 0 Å². The van der Waals surface area contributed by atoms with Crippen LogP contribution in [0.25, 0.3) is 0 Å². The van der Waals surface area contributed by atoms with E-state index in [0.717, 1.165) is 12.8 Å². The van der Waals surface area contributed by atoms with E-state index in [1.165, 1.54) is 12.8 Å². The first kappa shape index (κ1) is 14.6. The Bertz CT molecular complexity index is 337. The maximum absolute atomic E-state index is 13.2. The molecule has 0 spiro atoms. The molecule has 3 aliphatic rings. The number of ether oxygens (including phenoxy) is 1. The second kappa shape index (κ2) is 5.83. The van der Waals surface area contributed by atoms with E-state index in [0.29, 0.717) is 25.7 Å². The summed E-state index contributed by atoms with van der Waals surface area (Å²) in [7, 11) is 0. The van der Waals surface area contributed by atoms with Crippen molar-refractivity contribution in [3.63, 3.8) is 0 Å². The number of nitrogens with zero attached hydrogens (tertiary/aromatic N) is 1. The van der Waals surface area contributed by atoms with Gasteiger partial charge < -0.3 is 15.2 Å². The molecule has 2 heterocycles. The standard InChI is InChI=1S/C14H24F2N2O2/c15-14(16)5-6-18(9-14)7-12-13(19)11(8-20-12)17-10-3-1-2-4-10/h10-13,17,19H,1-9H2/t11-,12-,13+/m0/s1. The van der Waals surface area contributed by atoms with Crippen LogP contribution >= 0.6 is 0 Å². The highest BCUT2D eigenvalue weighted by atomic mass is 19.3. The third kappa shape index (κ3) is 3.30. The third-order valence-electron chi connectivity index (χ3n) is 4.77. The molecule has 0 aromatic heterocycles. The quantitative estimate of drug-likeness (QED) is 0.810. The van der Waals surface area contributed by atoms with Crippen LogP contribution in [-0.4, -0.2) is 66.5 Å². The highest BCUT2D eigenvalue weighted by Crippen LogP contribution is 2.28. The third-order valence-corrected chi connectivity index (χ3v) is 4.77. The van der Waals surface area contributed by atoms with E-state index in [1.54, 1.807) is 4.90 Å². The summed E-state index contributed by atoms with van der Waals surface area (Å²) in [6, 6.07) is 0.430. The van der Waals surface area contributed by atoms with E-state index in [1.807, 2.05) is 0 Å². The van der Waals surface area contributed by atoms with Crippen LogP contribution in [0.2, 0.25) is 0 Å². The molecule has 2 aliphatic heterocycles. The molecule has 3 atom stereocenters. The molecule has 2 saturated heterocycles. The SMILES string of the molecule is O[C@@H]1[C@@H](NC2CCCC2)CO[C@H]1CN1CCC(F)(F)C1. The van der Waals surface area contributed by atoms with E-state index in [-0.39, 0.29) is 25.1 Å². The van der Waals surface area contributed by atoms with Gasteiger partial charge in [-0.2, -0.15) is 0 Å². The largest absolute Gasteiger partial charge is 0.389 e. The van der Waals surface area contributed by atoms with Crippen molar-refractivity contribution >= 4 is 0 Å². The molecule has 3 fully saturated rings. The molecule has 20 heavy (non-hydrogen) atoms. The summed E-state index contributed by atoms with van der Waals surface area (Å²) in [6.07, 6.45) is 3.78. The maximum Gasteiger partial charge on any atom is 0.261 e. The average molecular weight is 290 g/mol. The number of alkyl halides is 2. The lowest BCUT2D eigenvalue weighted by atomic mass is 10.1. The molecular weight excluding hydrogens is 266 g/mol. The smallest absolute Gasteiger partial charge is 0.261 e. The molecule has 116 valence electrons. The second-order valence-corrected chi connectivity index (χ2v) is 6.46. The van der Waals surface area contributed by atoms with Gasteiger partial charge in [-0.3, -0.25) is 4.90 Å². The van der Waals surface area contributed by atoms with Gasteiger partial charge in [0.25, 0.3) is 5.92 Å². The fourth-order valence-electron chi connectivity index (χ4n) is 3.60. The highest BCUT2D eigenvalue weighted by Gasteiger charge is 2.42. The summed E-state index contributed by atoms with van der Waals surface area (Å²) in [5.41, 5.74) is 0. The van der Waals surface area contributed by atoms with E-state index >= 15 is 0 Å². The molecule has 6 heteroatoms. The summed E-state index contributed by atoms with van der Waals surface area (Å²) in [5.74, 6) is -2.58. The lowest BCUT2D eigenvalue weighted by Gasteiger charge is -2.24. The number of halogens is 2. The lowest BCUT2D eigenvalue weighted by Crippen LogP contribution is -2.47. The minimum atomic E-state index is -2.58. The first-order chi connectivity index (χ1) is 9.53. The predicted molar refractivity (Wildman–Crippen MR) is 70.9 cm³/mol. The first-order valence-corrected chi connectivity index (χ1v) is 7.69. The maximum atomic E-state index is 13.2. The van der Waals surface area contributed by atoms with Crippen LogP contribution in [0.5, 0.6) is 0 Å². The van der Waals surface area contributed by atoms with Crippen LogP contribution in [0.1, 0.15) is 32.1 Å². The first-order valence-electron chi connectivity index (χ1n) is 7.69. The van der Waals surface area contributed by atoms with Crippen LogP contribution in [0.3, 0.4) is 0 Å². The zero-order chi connectivity index (χ0) is 14.2. The Hall–Kier alpha value is -0.300. The van der Waals surface area contributed by atoms with Crippen molar-refractivity contribution in [2.45, 2.75) is 62.3 Å². The zero-order valence-electron chi connectivity index (χ0n) is 11.7. The summed E-state index contributed by atoms with van der Waals surface area (Å²) in [6.45, 7) is 1.06. The van der Waals surface area contributed by atoms with Crippen molar-refractivity contribution in [2.24, 2.45) is 0 Å². The van der Waals surface area contributed by atoms with Gasteiger partial charge in [0.05, 0.1) is 31.4 Å². The molecule has 0 unspecified atom stereocenters. The van der Waals surface area contributed by atoms with Crippen LogP contribution in [0.4, 0.5) is 8.78 Å². The summed E-state index contributed by atoms with van der Waals surface area (Å²) in [4.78, 5) is 1.70. The van der Waals surface area contributed by atoms with Gasteiger partial charge >= 0.3 is 0 Å². The number of aliphatic hydroxyl groups excluding tert-OH is 1. The van der Waals surface area contributed by atoms with Gasteiger partial charge in [-0.1, -0.05) is 12.8 Å². The predicted octanol–water partition coefficient (Wildman–Crippen LogP) is 0.988. The Morgan fingerprint density at radius 1 is 1.30 bits per heavy atom. The summed E-state index contributed by atoms with van der Waals surface area (Å²) in [5, 5.41) is 13.8. The number of aliphatic hydroxyl groups is 1. The number of rotatable bonds is 4. The van der Waals surface area contributed by atoms with E-state index < -0.39 is 12.0 Å². The molecule has 0 bridgehead atoms. The molecule has 0 aromatic carbocycles. The van der Waals surface area contributed by atoms with Crippen LogP contribution in [0.15, 0.2) is 0 Å². The summed E-state index contributed by atoms with van der Waals surface area (Å²) >= 11 is 0. The number of nitrogens with one attached hydrogen (secondary N) is 1. The molecule has 4 nitrogen and oxygen atoms in total. The van der Waals surface area contributed by atoms with Crippen molar-refractivity contribution in [3.05, 3.63) is 0 Å². The summed E-state index contributed by atoms with van der Waals surface area (Å²) < 4.78 is 31.9. The average Bonchev–Trinajstić information content (AvgIpc) is 3.08. The van der Waals surface area contributed by atoms with E-state index in [2.05, 4.69) is 5.32 Å². The second-order valence-electron chi connectivity index (χ2n) is 6.46. The van der Waals surface area contributed by atoms with Crippen LogP contribution < -0.4 is 5.32 Å². The Morgan fingerprint density at radius 3 is 2.70 bits per heavy atom. The Kier molecular flexibility index (Phi) is 4.26. The van der Waals surface area contributed by atoms with Crippen molar-refractivity contribution in [2.75, 3.05) is 26.2 Å². The monoisotopic (exact) mass is 290 g/mol. The van der Waals surface area contributed by atoms with Crippen LogP contribution in [-0.2, 0) is 4.74 Å². The molecule has 0 aromatic rings. The van der Waals surface area contributed by atoms with Crippen molar-refractivity contribution in [1.82, 2.24) is 10.2 Å². The van der Waals surface area contributed by atoms with Gasteiger partial charge in [0, 0.05) is 25.6 Å². The zero-order valence-corrected chi connectivity index (χ0v) is 11.7. The lowest BCUT2D eigenvalue weighted by molar-refractivity contribution is -0.00745. The normalized spacial score (nSPS) is 38.9. The fraction of sp³-hybridized carbons (Fsp3) is 1.00. The van der Waals surface area contributed by atoms with Crippen molar-refractivity contribution < 1.29 is 18.6 Å². The minimum Gasteiger partial charge on any atom is -0.389 e. The molecule has 1 aliphatic carbocycles. The fourth-order valence-corrected chi connectivity index (χ4v) is 3.60. The Balaban J connectivity index is 1.47. The highest BCUT2D eigenvalue weighted by molar-refractivity contribution is 4.94. The van der Waals surface area contributed by atoms with Gasteiger partial charge in [-0.25, -0.2) is 8.78 Å². The Labute approximate surface area is 118 Å². The van der Waals surface area contributed by atoms with Gasteiger partial charge in [-0.05, 0) is 12.8 Å². The topological polar surface area (TPSA) is 44.7 Å². The van der Waals surface area contributed by atoms with E-state index in [4.69, 9.17) is 4.74 Å². The number of likely N-dealkylation sites (tertiary alicyclic amines) is 1. The number of hydrogen-bond donors (Lipinski definition) is 2. The van der Waals surface area contributed by atoms with Crippen molar-refractivity contribution in [1.29, 1.82) is 0 Å². The minimum absolute atomic E-state index is 0.0498. The molecule has 3 rings (SSSR count). The Morgan fingerprint density at radius 2 is 2.05 bits per heavy atom. The number of hydrogen-bond acceptors (Lipinski definition) is 4. The van der Waals surface area contributed by atoms with Gasteiger partial charge in [0.2, 0.25) is 0 Å². The molecule has 2 N–H and O–H groups in total. The molecule has 0 radical (unpaired) electrons. The van der Waals surface area contributed by atoms with Crippen molar-refractivity contribution in [3.8, 4) is 0 Å². The molecular formula is C14H24F2N2O2.